The Labute approximate surface area is 157 Å². The number of thiophene rings is 1. The predicted octanol–water partition coefficient (Wildman–Crippen LogP) is 3.26. The lowest BCUT2D eigenvalue weighted by Gasteiger charge is -2.07. The fourth-order valence-corrected chi connectivity index (χ4v) is 4.65. The number of carbonyl (C=O) groups is 2. The molecule has 8 heteroatoms. The average Bonchev–Trinajstić information content (AvgIpc) is 2.87. The lowest BCUT2D eigenvalue weighted by Crippen LogP contribution is -2.18. The maximum atomic E-state index is 12.3. The first-order chi connectivity index (χ1) is 12.2. The Morgan fingerprint density at radius 2 is 1.73 bits per heavy atom. The van der Waals surface area contributed by atoms with Gasteiger partial charge in [0.2, 0.25) is 5.91 Å². The van der Waals surface area contributed by atoms with Crippen LogP contribution in [0.1, 0.15) is 32.8 Å². The zero-order valence-electron chi connectivity index (χ0n) is 15.1. The van der Waals surface area contributed by atoms with E-state index in [0.29, 0.717) is 10.6 Å². The van der Waals surface area contributed by atoms with Crippen LogP contribution < -0.4 is 5.32 Å². The quantitative estimate of drug-likeness (QED) is 0.758. The highest BCUT2D eigenvalue weighted by Gasteiger charge is 2.22. The van der Waals surface area contributed by atoms with E-state index in [9.17, 15) is 18.0 Å². The lowest BCUT2D eigenvalue weighted by atomic mass is 10.1. The second kappa shape index (κ2) is 8.01. The molecule has 1 aromatic heterocycles. The van der Waals surface area contributed by atoms with E-state index in [1.165, 1.54) is 30.6 Å². The molecule has 2 rings (SSSR count). The number of anilines is 1. The van der Waals surface area contributed by atoms with Crippen molar-refractivity contribution in [1.82, 2.24) is 0 Å². The van der Waals surface area contributed by atoms with Crippen LogP contribution in [0.15, 0.2) is 29.2 Å². The van der Waals surface area contributed by atoms with Crippen LogP contribution in [-0.2, 0) is 19.4 Å². The van der Waals surface area contributed by atoms with Gasteiger partial charge < -0.3 is 10.1 Å². The van der Waals surface area contributed by atoms with Crippen LogP contribution in [-0.4, -0.2) is 33.2 Å². The summed E-state index contributed by atoms with van der Waals surface area (Å²) in [6.07, 6.45) is -0.202. The van der Waals surface area contributed by atoms with Crippen molar-refractivity contribution in [3.05, 3.63) is 45.8 Å². The van der Waals surface area contributed by atoms with E-state index in [-0.39, 0.29) is 17.1 Å². The normalized spacial score (nSPS) is 11.2. The standard InChI is InChI=1S/C18H21NO5S2/c1-11-5-7-14(8-6-11)26(22,23)10-9-15(20)19-17-16(18(21)24-4)12(2)13(3)25-17/h5-8H,9-10H2,1-4H3,(H,19,20). The van der Waals surface area contributed by atoms with E-state index >= 15 is 0 Å². The van der Waals surface area contributed by atoms with Crippen molar-refractivity contribution in [2.75, 3.05) is 18.2 Å². The van der Waals surface area contributed by atoms with Gasteiger partial charge in [0.1, 0.15) is 5.00 Å². The predicted molar refractivity (Wildman–Crippen MR) is 102 cm³/mol. The Morgan fingerprint density at radius 1 is 1.12 bits per heavy atom. The van der Waals surface area contributed by atoms with E-state index in [0.717, 1.165) is 16.0 Å². The monoisotopic (exact) mass is 395 g/mol. The molecule has 0 unspecified atom stereocenters. The van der Waals surface area contributed by atoms with Gasteiger partial charge in [-0.25, -0.2) is 13.2 Å². The highest BCUT2D eigenvalue weighted by atomic mass is 32.2. The molecule has 0 saturated carbocycles. The molecule has 0 radical (unpaired) electrons. The van der Waals surface area contributed by atoms with Crippen molar-refractivity contribution in [2.24, 2.45) is 0 Å². The van der Waals surface area contributed by atoms with E-state index in [4.69, 9.17) is 4.74 Å². The van der Waals surface area contributed by atoms with Crippen LogP contribution in [0.5, 0.6) is 0 Å². The molecule has 140 valence electrons. The van der Waals surface area contributed by atoms with Crippen molar-refractivity contribution < 1.29 is 22.7 Å². The maximum absolute atomic E-state index is 12.3. The first-order valence-electron chi connectivity index (χ1n) is 7.93. The Bertz CT molecular complexity index is 927. The van der Waals surface area contributed by atoms with E-state index in [2.05, 4.69) is 5.32 Å². The Kier molecular flexibility index (Phi) is 6.20. The van der Waals surface area contributed by atoms with Gasteiger partial charge in [-0.3, -0.25) is 4.79 Å². The van der Waals surface area contributed by atoms with Gasteiger partial charge in [-0.05, 0) is 38.5 Å². The Balaban J connectivity index is 2.09. The Hall–Kier alpha value is -2.19. The zero-order valence-corrected chi connectivity index (χ0v) is 16.7. The van der Waals surface area contributed by atoms with E-state index in [1.807, 2.05) is 13.8 Å². The number of benzene rings is 1. The molecule has 6 nitrogen and oxygen atoms in total. The summed E-state index contributed by atoms with van der Waals surface area (Å²) in [7, 11) is -2.28. The SMILES string of the molecule is COC(=O)c1c(NC(=O)CCS(=O)(=O)c2ccc(C)cc2)sc(C)c1C. The van der Waals surface area contributed by atoms with Crippen LogP contribution in [0.3, 0.4) is 0 Å². The second-order valence-electron chi connectivity index (χ2n) is 5.91. The number of nitrogens with one attached hydrogen (secondary N) is 1. The van der Waals surface area contributed by atoms with E-state index in [1.54, 1.807) is 19.1 Å². The van der Waals surface area contributed by atoms with E-state index < -0.39 is 21.7 Å². The molecule has 1 amide bonds. The topological polar surface area (TPSA) is 89.5 Å². The number of rotatable bonds is 6. The van der Waals surface area contributed by atoms with Crippen LogP contribution in [0.2, 0.25) is 0 Å². The van der Waals surface area contributed by atoms with Crippen LogP contribution in [0.25, 0.3) is 0 Å². The first kappa shape index (κ1) is 20.1. The molecule has 26 heavy (non-hydrogen) atoms. The van der Waals surface area contributed by atoms with Gasteiger partial charge in [-0.15, -0.1) is 11.3 Å². The van der Waals surface area contributed by atoms with Gasteiger partial charge >= 0.3 is 5.97 Å². The third-order valence-electron chi connectivity index (χ3n) is 4.01. The molecule has 0 spiro atoms. The highest BCUT2D eigenvalue weighted by Crippen LogP contribution is 2.33. The summed E-state index contributed by atoms with van der Waals surface area (Å²) in [6.45, 7) is 5.48. The number of aryl methyl sites for hydroxylation is 2. The number of carbonyl (C=O) groups excluding carboxylic acids is 2. The number of hydrogen-bond donors (Lipinski definition) is 1. The molecule has 2 aromatic rings. The summed E-state index contributed by atoms with van der Waals surface area (Å²) in [4.78, 5) is 25.2. The number of ether oxygens (including phenoxy) is 1. The summed E-state index contributed by atoms with van der Waals surface area (Å²) >= 11 is 1.26. The molecule has 1 N–H and O–H groups in total. The molecule has 1 aromatic carbocycles. The van der Waals surface area contributed by atoms with Gasteiger partial charge in [0, 0.05) is 11.3 Å². The average molecular weight is 396 g/mol. The number of methoxy groups -OCH3 is 1. The fourth-order valence-electron chi connectivity index (χ4n) is 2.34. The zero-order chi connectivity index (χ0) is 19.5. The molecular formula is C18H21NO5S2. The van der Waals surface area contributed by atoms with Gasteiger partial charge in [0.15, 0.2) is 9.84 Å². The minimum absolute atomic E-state index is 0.189. The minimum atomic E-state index is -3.55. The molecule has 0 fully saturated rings. The van der Waals surface area contributed by atoms with Crippen LogP contribution in [0, 0.1) is 20.8 Å². The highest BCUT2D eigenvalue weighted by molar-refractivity contribution is 7.91. The third-order valence-corrected chi connectivity index (χ3v) is 6.86. The summed E-state index contributed by atoms with van der Waals surface area (Å²) < 4.78 is 29.4. The number of esters is 1. The summed E-state index contributed by atoms with van der Waals surface area (Å²) in [6, 6.07) is 6.49. The lowest BCUT2D eigenvalue weighted by molar-refractivity contribution is -0.115. The van der Waals surface area contributed by atoms with Gasteiger partial charge in [-0.2, -0.15) is 0 Å². The molecule has 0 aliphatic heterocycles. The molecule has 0 saturated heterocycles. The van der Waals surface area contributed by atoms with Crippen molar-refractivity contribution >= 4 is 38.1 Å². The molecule has 0 bridgehead atoms. The number of sulfone groups is 1. The largest absolute Gasteiger partial charge is 0.465 e. The molecule has 0 aliphatic carbocycles. The van der Waals surface area contributed by atoms with Crippen molar-refractivity contribution in [3.63, 3.8) is 0 Å². The summed E-state index contributed by atoms with van der Waals surface area (Å²) in [5.74, 6) is -1.31. The number of amides is 1. The van der Waals surface area contributed by atoms with Crippen molar-refractivity contribution in [1.29, 1.82) is 0 Å². The van der Waals surface area contributed by atoms with Crippen LogP contribution in [0.4, 0.5) is 5.00 Å². The van der Waals surface area contributed by atoms with Gasteiger partial charge in [0.25, 0.3) is 0 Å². The van der Waals surface area contributed by atoms with Gasteiger partial charge in [0.05, 0.1) is 23.3 Å². The minimum Gasteiger partial charge on any atom is -0.465 e. The number of hydrogen-bond acceptors (Lipinski definition) is 6. The molecule has 1 heterocycles. The second-order valence-corrected chi connectivity index (χ2v) is 9.24. The summed E-state index contributed by atoms with van der Waals surface area (Å²) in [5, 5.41) is 3.01. The van der Waals surface area contributed by atoms with Crippen molar-refractivity contribution in [3.8, 4) is 0 Å². The Morgan fingerprint density at radius 3 is 2.31 bits per heavy atom. The molecule has 0 aliphatic rings. The third kappa shape index (κ3) is 4.50. The smallest absolute Gasteiger partial charge is 0.341 e. The van der Waals surface area contributed by atoms with Crippen molar-refractivity contribution in [2.45, 2.75) is 32.1 Å². The molecular weight excluding hydrogens is 374 g/mol. The van der Waals surface area contributed by atoms with Crippen LogP contribution >= 0.6 is 11.3 Å². The first-order valence-corrected chi connectivity index (χ1v) is 10.4. The maximum Gasteiger partial charge on any atom is 0.341 e. The molecule has 0 atom stereocenters. The van der Waals surface area contributed by atoms with Gasteiger partial charge in [-0.1, -0.05) is 17.7 Å². The fraction of sp³-hybridized carbons (Fsp3) is 0.333. The summed E-state index contributed by atoms with van der Waals surface area (Å²) in [5.41, 5.74) is 2.01.